The van der Waals surface area contributed by atoms with Crippen molar-refractivity contribution in [1.29, 1.82) is 0 Å². The first-order valence-corrected chi connectivity index (χ1v) is 9.14. The molecule has 0 amide bonds. The van der Waals surface area contributed by atoms with Crippen molar-refractivity contribution in [2.24, 2.45) is 4.99 Å². The largest absolute Gasteiger partial charge is 0.357 e. The van der Waals surface area contributed by atoms with Crippen LogP contribution in [0.15, 0.2) is 23.2 Å². The number of likely N-dealkylation sites (tertiary alicyclic amines) is 1. The van der Waals surface area contributed by atoms with Gasteiger partial charge in [0.1, 0.15) is 5.82 Å². The van der Waals surface area contributed by atoms with Gasteiger partial charge < -0.3 is 15.5 Å². The Hall–Kier alpha value is -1.62. The molecule has 1 saturated heterocycles. The second kappa shape index (κ2) is 9.62. The van der Waals surface area contributed by atoms with Crippen molar-refractivity contribution in [3.8, 4) is 0 Å². The molecule has 1 fully saturated rings. The Bertz CT molecular complexity index is 536. The minimum atomic E-state index is -0.163. The predicted molar refractivity (Wildman–Crippen MR) is 98.8 cm³/mol. The quantitative estimate of drug-likeness (QED) is 0.620. The molecule has 0 aliphatic carbocycles. The number of piperidine rings is 1. The molecule has 0 spiro atoms. The van der Waals surface area contributed by atoms with Gasteiger partial charge in [0.25, 0.3) is 0 Å². The molecule has 0 radical (unpaired) electrons. The Morgan fingerprint density at radius 1 is 1.29 bits per heavy atom. The van der Waals surface area contributed by atoms with Gasteiger partial charge in [-0.2, -0.15) is 0 Å². The summed E-state index contributed by atoms with van der Waals surface area (Å²) in [4.78, 5) is 7.14. The lowest BCUT2D eigenvalue weighted by Gasteiger charge is -2.32. The highest BCUT2D eigenvalue weighted by Gasteiger charge is 2.19. The molecule has 4 nitrogen and oxygen atoms in total. The number of benzene rings is 1. The SMILES string of the molecule is CCCN1CCC(NC(=NCc2ccc(C)c(F)c2)NCC)CC1. The topological polar surface area (TPSA) is 39.7 Å². The Balaban J connectivity index is 1.90. The van der Waals surface area contributed by atoms with Crippen LogP contribution in [0, 0.1) is 12.7 Å². The van der Waals surface area contributed by atoms with Crippen molar-refractivity contribution in [3.63, 3.8) is 0 Å². The molecule has 24 heavy (non-hydrogen) atoms. The van der Waals surface area contributed by atoms with E-state index in [9.17, 15) is 4.39 Å². The molecule has 0 aromatic heterocycles. The van der Waals surface area contributed by atoms with Crippen molar-refractivity contribution in [2.75, 3.05) is 26.2 Å². The lowest BCUT2D eigenvalue weighted by molar-refractivity contribution is 0.206. The molecule has 1 heterocycles. The van der Waals surface area contributed by atoms with E-state index in [1.165, 1.54) is 13.0 Å². The van der Waals surface area contributed by atoms with Crippen LogP contribution in [0.1, 0.15) is 44.2 Å². The van der Waals surface area contributed by atoms with Crippen molar-refractivity contribution in [1.82, 2.24) is 15.5 Å². The van der Waals surface area contributed by atoms with Gasteiger partial charge in [-0.05, 0) is 56.8 Å². The van der Waals surface area contributed by atoms with Gasteiger partial charge >= 0.3 is 0 Å². The van der Waals surface area contributed by atoms with Crippen molar-refractivity contribution in [2.45, 2.75) is 52.6 Å². The maximum Gasteiger partial charge on any atom is 0.191 e. The zero-order valence-electron chi connectivity index (χ0n) is 15.2. The summed E-state index contributed by atoms with van der Waals surface area (Å²) in [5, 5.41) is 6.83. The number of aryl methyl sites for hydroxylation is 1. The maximum absolute atomic E-state index is 13.6. The minimum absolute atomic E-state index is 0.163. The Morgan fingerprint density at radius 3 is 2.67 bits per heavy atom. The lowest BCUT2D eigenvalue weighted by Crippen LogP contribution is -2.48. The van der Waals surface area contributed by atoms with Crippen molar-refractivity contribution >= 4 is 5.96 Å². The Morgan fingerprint density at radius 2 is 2.04 bits per heavy atom. The fourth-order valence-electron chi connectivity index (χ4n) is 3.04. The molecular weight excluding hydrogens is 303 g/mol. The highest BCUT2D eigenvalue weighted by molar-refractivity contribution is 5.80. The molecular formula is C19H31FN4. The molecule has 0 saturated carbocycles. The van der Waals surface area contributed by atoms with E-state index in [-0.39, 0.29) is 5.82 Å². The number of guanidine groups is 1. The van der Waals surface area contributed by atoms with E-state index in [0.717, 1.165) is 44.0 Å². The van der Waals surface area contributed by atoms with E-state index in [2.05, 4.69) is 34.4 Å². The van der Waals surface area contributed by atoms with Crippen LogP contribution in [-0.4, -0.2) is 43.1 Å². The molecule has 0 unspecified atom stereocenters. The summed E-state index contributed by atoms with van der Waals surface area (Å²) in [6, 6.07) is 5.79. The first kappa shape index (κ1) is 18.7. The van der Waals surface area contributed by atoms with Crippen LogP contribution in [0.2, 0.25) is 0 Å². The summed E-state index contributed by atoms with van der Waals surface area (Å²) in [6.45, 7) is 10.9. The normalized spacial score (nSPS) is 17.1. The lowest BCUT2D eigenvalue weighted by atomic mass is 10.1. The first-order valence-electron chi connectivity index (χ1n) is 9.14. The number of aliphatic imine (C=N–C) groups is 1. The first-order chi connectivity index (χ1) is 11.6. The van der Waals surface area contributed by atoms with E-state index >= 15 is 0 Å². The summed E-state index contributed by atoms with van der Waals surface area (Å²) in [5.41, 5.74) is 1.57. The maximum atomic E-state index is 13.6. The van der Waals surface area contributed by atoms with Gasteiger partial charge in [-0.15, -0.1) is 0 Å². The minimum Gasteiger partial charge on any atom is -0.357 e. The molecule has 134 valence electrons. The number of rotatable bonds is 6. The molecule has 1 aromatic carbocycles. The summed E-state index contributed by atoms with van der Waals surface area (Å²) >= 11 is 0. The average molecular weight is 334 g/mol. The summed E-state index contributed by atoms with van der Waals surface area (Å²) < 4.78 is 13.6. The molecule has 5 heteroatoms. The van der Waals surface area contributed by atoms with Gasteiger partial charge in [0.15, 0.2) is 5.96 Å². The van der Waals surface area contributed by atoms with Crippen LogP contribution < -0.4 is 10.6 Å². The third-order valence-corrected chi connectivity index (χ3v) is 4.47. The van der Waals surface area contributed by atoms with Crippen molar-refractivity contribution < 1.29 is 4.39 Å². The van der Waals surface area contributed by atoms with Crippen molar-refractivity contribution in [3.05, 3.63) is 35.1 Å². The molecule has 1 aromatic rings. The molecule has 1 aliphatic rings. The standard InChI is InChI=1S/C19H31FN4/c1-4-10-24-11-8-17(9-12-24)23-19(21-5-2)22-14-16-7-6-15(3)18(20)13-16/h6-7,13,17H,4-5,8-12,14H2,1-3H3,(H2,21,22,23). The molecule has 0 atom stereocenters. The summed E-state index contributed by atoms with van der Waals surface area (Å²) in [7, 11) is 0. The van der Waals surface area contributed by atoms with Crippen LogP contribution in [0.25, 0.3) is 0 Å². The third-order valence-electron chi connectivity index (χ3n) is 4.47. The number of hydrogen-bond acceptors (Lipinski definition) is 2. The van der Waals surface area contributed by atoms with Gasteiger partial charge in [-0.25, -0.2) is 9.38 Å². The highest BCUT2D eigenvalue weighted by atomic mass is 19.1. The fourth-order valence-corrected chi connectivity index (χ4v) is 3.04. The Kier molecular flexibility index (Phi) is 7.50. The van der Waals surface area contributed by atoms with Gasteiger partial charge in [-0.1, -0.05) is 19.1 Å². The van der Waals surface area contributed by atoms with Crippen LogP contribution in [0.4, 0.5) is 4.39 Å². The van der Waals surface area contributed by atoms with Crippen LogP contribution in [0.3, 0.4) is 0 Å². The Labute approximate surface area is 145 Å². The number of halogens is 1. The summed E-state index contributed by atoms with van der Waals surface area (Å²) in [5.74, 6) is 0.663. The van der Waals surface area contributed by atoms with Crippen LogP contribution in [0.5, 0.6) is 0 Å². The number of hydrogen-bond donors (Lipinski definition) is 2. The van der Waals surface area contributed by atoms with Crippen LogP contribution >= 0.6 is 0 Å². The zero-order valence-corrected chi connectivity index (χ0v) is 15.2. The van der Waals surface area contributed by atoms with Gasteiger partial charge in [0.2, 0.25) is 0 Å². The number of nitrogens with zero attached hydrogens (tertiary/aromatic N) is 2. The zero-order chi connectivity index (χ0) is 17.4. The summed E-state index contributed by atoms with van der Waals surface area (Å²) in [6.07, 6.45) is 3.50. The second-order valence-corrected chi connectivity index (χ2v) is 6.54. The highest BCUT2D eigenvalue weighted by Crippen LogP contribution is 2.12. The van der Waals surface area contributed by atoms with E-state index in [1.807, 2.05) is 12.1 Å². The van der Waals surface area contributed by atoms with E-state index in [1.54, 1.807) is 13.0 Å². The molecule has 2 rings (SSSR count). The third kappa shape index (κ3) is 5.78. The number of nitrogens with one attached hydrogen (secondary N) is 2. The van der Waals surface area contributed by atoms with Gasteiger partial charge in [-0.3, -0.25) is 0 Å². The van der Waals surface area contributed by atoms with Gasteiger partial charge in [0.05, 0.1) is 6.54 Å². The molecule has 1 aliphatic heterocycles. The monoisotopic (exact) mass is 334 g/mol. The van der Waals surface area contributed by atoms with Crippen LogP contribution in [-0.2, 0) is 6.54 Å². The van der Waals surface area contributed by atoms with E-state index in [0.29, 0.717) is 18.2 Å². The predicted octanol–water partition coefficient (Wildman–Crippen LogP) is 3.06. The van der Waals surface area contributed by atoms with Gasteiger partial charge in [0, 0.05) is 25.7 Å². The average Bonchev–Trinajstić information content (AvgIpc) is 2.58. The molecule has 2 N–H and O–H groups in total. The fraction of sp³-hybridized carbons (Fsp3) is 0.632. The van der Waals surface area contributed by atoms with E-state index < -0.39 is 0 Å². The second-order valence-electron chi connectivity index (χ2n) is 6.54. The van der Waals surface area contributed by atoms with E-state index in [4.69, 9.17) is 0 Å². The molecule has 0 bridgehead atoms. The smallest absolute Gasteiger partial charge is 0.191 e.